The zero-order valence-electron chi connectivity index (χ0n) is 10.8. The van der Waals surface area contributed by atoms with Gasteiger partial charge in [0, 0.05) is 0 Å². The van der Waals surface area contributed by atoms with E-state index in [0.29, 0.717) is 26.3 Å². The van der Waals surface area contributed by atoms with E-state index in [1.165, 1.54) is 14.5 Å². The Balaban J connectivity index is 1.84. The van der Waals surface area contributed by atoms with Crippen LogP contribution in [-0.4, -0.2) is 31.2 Å². The van der Waals surface area contributed by atoms with E-state index in [1.807, 2.05) is 12.3 Å². The van der Waals surface area contributed by atoms with Crippen LogP contribution in [0.3, 0.4) is 0 Å². The van der Waals surface area contributed by atoms with E-state index in [9.17, 15) is 0 Å². The average Bonchev–Trinajstić information content (AvgIpc) is 2.55. The molecule has 0 bridgehead atoms. The second kappa shape index (κ2) is 6.87. The third-order valence-electron chi connectivity index (χ3n) is 2.80. The first-order chi connectivity index (χ1) is 9.93. The second-order valence-corrected chi connectivity index (χ2v) is 10.4. The normalized spacial score (nSPS) is 10.4. The zero-order chi connectivity index (χ0) is 13.6. The molecule has 0 saturated carbocycles. The fraction of sp³-hybridized carbons (Fsp3) is 0. The van der Waals surface area contributed by atoms with Crippen molar-refractivity contribution in [3.8, 4) is 11.3 Å². The summed E-state index contributed by atoms with van der Waals surface area (Å²) in [4.78, 5) is 4.48. The van der Waals surface area contributed by atoms with Gasteiger partial charge in [0.1, 0.15) is 0 Å². The van der Waals surface area contributed by atoms with E-state index < -0.39 is 0 Å². The van der Waals surface area contributed by atoms with Gasteiger partial charge >= 0.3 is 130 Å². The van der Waals surface area contributed by atoms with Gasteiger partial charge in [-0.2, -0.15) is 0 Å². The van der Waals surface area contributed by atoms with Crippen LogP contribution >= 0.6 is 0 Å². The standard InChI is InChI=1S/C17H13NSe2/c1-2-8-14(9-3-1)19-20-17-12-5-4-10-15(17)16-11-6-7-13-18-16/h1-13H. The van der Waals surface area contributed by atoms with E-state index in [4.69, 9.17) is 0 Å². The van der Waals surface area contributed by atoms with Crippen molar-refractivity contribution in [3.05, 3.63) is 79.0 Å². The van der Waals surface area contributed by atoms with E-state index in [-0.39, 0.29) is 0 Å². The summed E-state index contributed by atoms with van der Waals surface area (Å²) in [5.41, 5.74) is 2.36. The van der Waals surface area contributed by atoms with Gasteiger partial charge in [0.05, 0.1) is 0 Å². The van der Waals surface area contributed by atoms with E-state index in [2.05, 4.69) is 71.7 Å². The van der Waals surface area contributed by atoms with Gasteiger partial charge in [0.2, 0.25) is 0 Å². The molecule has 0 atom stereocenters. The fourth-order valence-corrected chi connectivity index (χ4v) is 8.45. The van der Waals surface area contributed by atoms with Crippen molar-refractivity contribution in [2.24, 2.45) is 0 Å². The van der Waals surface area contributed by atoms with Gasteiger partial charge in [-0.05, 0) is 0 Å². The van der Waals surface area contributed by atoms with Crippen LogP contribution in [0, 0.1) is 0 Å². The van der Waals surface area contributed by atoms with E-state index >= 15 is 0 Å². The van der Waals surface area contributed by atoms with Gasteiger partial charge in [-0.15, -0.1) is 0 Å². The predicted octanol–water partition coefficient (Wildman–Crippen LogP) is 2.02. The Morgan fingerprint density at radius 3 is 2.20 bits per heavy atom. The van der Waals surface area contributed by atoms with E-state index in [0.717, 1.165) is 5.69 Å². The molecule has 1 aromatic heterocycles. The predicted molar refractivity (Wildman–Crippen MR) is 86.9 cm³/mol. The molecule has 3 heteroatoms. The van der Waals surface area contributed by atoms with Gasteiger partial charge in [-0.25, -0.2) is 0 Å². The molecule has 0 spiro atoms. The molecule has 0 saturated heterocycles. The summed E-state index contributed by atoms with van der Waals surface area (Å²) in [5.74, 6) is 0. The molecule has 98 valence electrons. The Kier molecular flexibility index (Phi) is 4.68. The Morgan fingerprint density at radius 2 is 1.40 bits per heavy atom. The van der Waals surface area contributed by atoms with Gasteiger partial charge in [0.15, 0.2) is 0 Å². The quantitative estimate of drug-likeness (QED) is 0.623. The maximum atomic E-state index is 4.48. The van der Waals surface area contributed by atoms with Gasteiger partial charge < -0.3 is 0 Å². The molecule has 1 heterocycles. The van der Waals surface area contributed by atoms with Crippen molar-refractivity contribution >= 4 is 35.2 Å². The Hall–Kier alpha value is -1.37. The molecule has 0 unspecified atom stereocenters. The molecule has 0 aliphatic carbocycles. The molecule has 3 aromatic rings. The first-order valence-corrected chi connectivity index (χ1v) is 12.4. The van der Waals surface area contributed by atoms with Gasteiger partial charge in [-0.1, -0.05) is 0 Å². The molecule has 0 fully saturated rings. The topological polar surface area (TPSA) is 12.9 Å². The summed E-state index contributed by atoms with van der Waals surface area (Å²) in [6.45, 7) is 0. The Labute approximate surface area is 130 Å². The van der Waals surface area contributed by atoms with Crippen molar-refractivity contribution in [1.82, 2.24) is 4.98 Å². The number of aromatic nitrogens is 1. The van der Waals surface area contributed by atoms with Crippen molar-refractivity contribution in [3.63, 3.8) is 0 Å². The maximum absolute atomic E-state index is 4.48. The molecule has 0 aliphatic rings. The summed E-state index contributed by atoms with van der Waals surface area (Å²) in [6, 6.07) is 25.5. The molecule has 2 aromatic carbocycles. The number of nitrogens with zero attached hydrogens (tertiary/aromatic N) is 1. The van der Waals surface area contributed by atoms with Crippen LogP contribution in [-0.2, 0) is 0 Å². The number of benzene rings is 2. The van der Waals surface area contributed by atoms with E-state index in [1.54, 1.807) is 0 Å². The first kappa shape index (κ1) is 13.6. The molecule has 0 radical (unpaired) electrons. The molecular weight excluding hydrogens is 376 g/mol. The molecule has 0 aliphatic heterocycles. The minimum absolute atomic E-state index is 0.489. The van der Waals surface area contributed by atoms with Crippen LogP contribution in [0.4, 0.5) is 0 Å². The summed E-state index contributed by atoms with van der Waals surface area (Å²) in [6.07, 6.45) is 1.86. The summed E-state index contributed by atoms with van der Waals surface area (Å²) in [7, 11) is 0. The van der Waals surface area contributed by atoms with Crippen LogP contribution in [0.25, 0.3) is 11.3 Å². The fourth-order valence-electron chi connectivity index (χ4n) is 1.84. The Bertz CT molecular complexity index is 669. The number of hydrogen-bond donors (Lipinski definition) is 0. The number of pyridine rings is 1. The summed E-state index contributed by atoms with van der Waals surface area (Å²) < 4.78 is 2.92. The van der Waals surface area contributed by atoms with Gasteiger partial charge in [0.25, 0.3) is 0 Å². The minimum atomic E-state index is 0.489. The molecule has 0 amide bonds. The first-order valence-electron chi connectivity index (χ1n) is 6.33. The summed E-state index contributed by atoms with van der Waals surface area (Å²) >= 11 is 1.02. The number of rotatable bonds is 4. The molecule has 0 N–H and O–H groups in total. The zero-order valence-corrected chi connectivity index (χ0v) is 14.2. The third-order valence-corrected chi connectivity index (χ3v) is 10.0. The van der Waals surface area contributed by atoms with Crippen molar-refractivity contribution in [2.75, 3.05) is 0 Å². The van der Waals surface area contributed by atoms with Crippen LogP contribution in [0.2, 0.25) is 0 Å². The molecular formula is C17H13NSe2. The molecule has 20 heavy (non-hydrogen) atoms. The second-order valence-electron chi connectivity index (χ2n) is 4.19. The Morgan fingerprint density at radius 1 is 0.650 bits per heavy atom. The molecule has 1 nitrogen and oxygen atoms in total. The van der Waals surface area contributed by atoms with Crippen LogP contribution in [0.5, 0.6) is 0 Å². The van der Waals surface area contributed by atoms with Crippen molar-refractivity contribution < 1.29 is 0 Å². The summed E-state index contributed by atoms with van der Waals surface area (Å²) in [5, 5.41) is 0. The van der Waals surface area contributed by atoms with Crippen LogP contribution in [0.1, 0.15) is 0 Å². The third kappa shape index (κ3) is 3.39. The average molecular weight is 389 g/mol. The monoisotopic (exact) mass is 391 g/mol. The SMILES string of the molecule is c1ccc([Se][Se]c2ccccc2-c2ccccn2)cc1. The van der Waals surface area contributed by atoms with Crippen LogP contribution in [0.15, 0.2) is 79.0 Å². The van der Waals surface area contributed by atoms with Crippen LogP contribution < -0.4 is 8.92 Å². The van der Waals surface area contributed by atoms with Gasteiger partial charge in [-0.3, -0.25) is 0 Å². The number of hydrogen-bond acceptors (Lipinski definition) is 1. The van der Waals surface area contributed by atoms with Crippen molar-refractivity contribution in [1.29, 1.82) is 0 Å². The molecule has 3 rings (SSSR count). The van der Waals surface area contributed by atoms with Crippen molar-refractivity contribution in [2.45, 2.75) is 0 Å².